The van der Waals surface area contributed by atoms with Gasteiger partial charge in [-0.3, -0.25) is 14.5 Å². The number of hydrogen-bond donors (Lipinski definition) is 2. The molecule has 2 amide bonds. The number of hydrogen-bond acceptors (Lipinski definition) is 4. The third-order valence-corrected chi connectivity index (χ3v) is 3.08. The Morgan fingerprint density at radius 1 is 1.41 bits per heavy atom. The predicted octanol–water partition coefficient (Wildman–Crippen LogP) is -1.39. The number of carbonyl (C=O) groups is 2. The average molecular weight is 242 g/mol. The summed E-state index contributed by atoms with van der Waals surface area (Å²) in [5.74, 6) is -0.175. The number of nitrogens with two attached hydrogens (primary N) is 1. The molecule has 0 aromatic carbocycles. The molecule has 0 aliphatic carbocycles. The SMILES string of the molecule is CNC(=O)CN(C)C(=O)CN1CCC(N)CC1. The van der Waals surface area contributed by atoms with Crippen molar-refractivity contribution in [1.82, 2.24) is 15.1 Å². The van der Waals surface area contributed by atoms with Gasteiger partial charge in [-0.2, -0.15) is 0 Å². The number of likely N-dealkylation sites (N-methyl/N-ethyl adjacent to an activating group) is 2. The lowest BCUT2D eigenvalue weighted by atomic mass is 10.1. The van der Waals surface area contributed by atoms with Crippen molar-refractivity contribution in [2.75, 3.05) is 40.3 Å². The number of amides is 2. The zero-order chi connectivity index (χ0) is 12.8. The van der Waals surface area contributed by atoms with Crippen LogP contribution in [0.1, 0.15) is 12.8 Å². The van der Waals surface area contributed by atoms with E-state index in [4.69, 9.17) is 5.73 Å². The maximum absolute atomic E-state index is 11.8. The highest BCUT2D eigenvalue weighted by Crippen LogP contribution is 2.07. The van der Waals surface area contributed by atoms with Crippen LogP contribution in [-0.2, 0) is 9.59 Å². The summed E-state index contributed by atoms with van der Waals surface area (Å²) in [6.45, 7) is 2.21. The van der Waals surface area contributed by atoms with Gasteiger partial charge in [0.2, 0.25) is 11.8 Å². The standard InChI is InChI=1S/C11H22N4O2/c1-13-10(16)7-14(2)11(17)8-15-5-3-9(12)4-6-15/h9H,3-8,12H2,1-2H3,(H,13,16). The Balaban J connectivity index is 2.30. The highest BCUT2D eigenvalue weighted by atomic mass is 16.2. The largest absolute Gasteiger partial charge is 0.358 e. The minimum Gasteiger partial charge on any atom is -0.358 e. The molecule has 17 heavy (non-hydrogen) atoms. The van der Waals surface area contributed by atoms with E-state index in [9.17, 15) is 9.59 Å². The van der Waals surface area contributed by atoms with Crippen LogP contribution in [0.15, 0.2) is 0 Å². The lowest BCUT2D eigenvalue weighted by Crippen LogP contribution is -2.46. The van der Waals surface area contributed by atoms with Crippen LogP contribution in [0.2, 0.25) is 0 Å². The topological polar surface area (TPSA) is 78.7 Å². The van der Waals surface area contributed by atoms with Crippen LogP contribution < -0.4 is 11.1 Å². The van der Waals surface area contributed by atoms with Crippen LogP contribution in [0.5, 0.6) is 0 Å². The maximum Gasteiger partial charge on any atom is 0.239 e. The van der Waals surface area contributed by atoms with Crippen molar-refractivity contribution in [3.63, 3.8) is 0 Å². The molecule has 0 aromatic rings. The fourth-order valence-electron chi connectivity index (χ4n) is 1.81. The van der Waals surface area contributed by atoms with Gasteiger partial charge in [0.1, 0.15) is 0 Å². The van der Waals surface area contributed by atoms with Crippen molar-refractivity contribution in [3.05, 3.63) is 0 Å². The average Bonchev–Trinajstić information content (AvgIpc) is 2.31. The third-order valence-electron chi connectivity index (χ3n) is 3.08. The van der Waals surface area contributed by atoms with Gasteiger partial charge < -0.3 is 16.0 Å². The Bertz CT molecular complexity index is 275. The van der Waals surface area contributed by atoms with E-state index in [0.29, 0.717) is 6.54 Å². The molecule has 1 fully saturated rings. The second kappa shape index (κ2) is 6.56. The van der Waals surface area contributed by atoms with E-state index in [2.05, 4.69) is 10.2 Å². The van der Waals surface area contributed by atoms with Crippen LogP contribution in [0.4, 0.5) is 0 Å². The van der Waals surface area contributed by atoms with E-state index in [-0.39, 0.29) is 24.4 Å². The van der Waals surface area contributed by atoms with Crippen LogP contribution in [0, 0.1) is 0 Å². The van der Waals surface area contributed by atoms with Gasteiger partial charge in [0, 0.05) is 33.2 Å². The fraction of sp³-hybridized carbons (Fsp3) is 0.818. The molecule has 0 unspecified atom stereocenters. The number of rotatable bonds is 4. The molecule has 1 saturated heterocycles. The van der Waals surface area contributed by atoms with Gasteiger partial charge in [-0.05, 0) is 12.8 Å². The van der Waals surface area contributed by atoms with Crippen LogP contribution in [0.25, 0.3) is 0 Å². The van der Waals surface area contributed by atoms with E-state index < -0.39 is 0 Å². The Hall–Kier alpha value is -1.14. The predicted molar refractivity (Wildman–Crippen MR) is 65.4 cm³/mol. The molecule has 0 aromatic heterocycles. The maximum atomic E-state index is 11.8. The molecule has 1 rings (SSSR count). The van der Waals surface area contributed by atoms with Gasteiger partial charge in [0.15, 0.2) is 0 Å². The molecule has 1 aliphatic rings. The van der Waals surface area contributed by atoms with E-state index in [1.165, 1.54) is 4.90 Å². The molecule has 0 radical (unpaired) electrons. The van der Waals surface area contributed by atoms with Crippen molar-refractivity contribution in [2.24, 2.45) is 5.73 Å². The van der Waals surface area contributed by atoms with Crippen LogP contribution in [-0.4, -0.2) is 67.9 Å². The van der Waals surface area contributed by atoms with Crippen molar-refractivity contribution in [3.8, 4) is 0 Å². The lowest BCUT2D eigenvalue weighted by Gasteiger charge is -2.30. The first-order valence-electron chi connectivity index (χ1n) is 5.95. The summed E-state index contributed by atoms with van der Waals surface area (Å²) < 4.78 is 0. The van der Waals surface area contributed by atoms with E-state index >= 15 is 0 Å². The molecule has 98 valence electrons. The number of piperidine rings is 1. The first-order chi connectivity index (χ1) is 8.02. The summed E-state index contributed by atoms with van der Waals surface area (Å²) in [6, 6.07) is 0.268. The summed E-state index contributed by atoms with van der Waals surface area (Å²) >= 11 is 0. The van der Waals surface area contributed by atoms with Crippen LogP contribution in [0.3, 0.4) is 0 Å². The molecular formula is C11H22N4O2. The molecule has 1 heterocycles. The van der Waals surface area contributed by atoms with Gasteiger partial charge in [0.05, 0.1) is 13.1 Å². The Kier molecular flexibility index (Phi) is 5.37. The van der Waals surface area contributed by atoms with Gasteiger partial charge in [-0.15, -0.1) is 0 Å². The monoisotopic (exact) mass is 242 g/mol. The molecule has 6 heteroatoms. The second-order valence-electron chi connectivity index (χ2n) is 4.54. The smallest absolute Gasteiger partial charge is 0.239 e. The van der Waals surface area contributed by atoms with Crippen molar-refractivity contribution < 1.29 is 9.59 Å². The molecule has 1 aliphatic heterocycles. The zero-order valence-corrected chi connectivity index (χ0v) is 10.6. The summed E-state index contributed by atoms with van der Waals surface area (Å²) in [6.07, 6.45) is 1.87. The summed E-state index contributed by atoms with van der Waals surface area (Å²) in [5, 5.41) is 2.50. The van der Waals surface area contributed by atoms with Crippen molar-refractivity contribution in [2.45, 2.75) is 18.9 Å². The quantitative estimate of drug-likeness (QED) is 0.636. The highest BCUT2D eigenvalue weighted by Gasteiger charge is 2.20. The van der Waals surface area contributed by atoms with Gasteiger partial charge >= 0.3 is 0 Å². The van der Waals surface area contributed by atoms with Gasteiger partial charge in [-0.25, -0.2) is 0 Å². The zero-order valence-electron chi connectivity index (χ0n) is 10.6. The first-order valence-corrected chi connectivity index (χ1v) is 5.95. The highest BCUT2D eigenvalue weighted by molar-refractivity contribution is 5.85. The van der Waals surface area contributed by atoms with E-state index in [0.717, 1.165) is 25.9 Å². The van der Waals surface area contributed by atoms with Crippen LogP contribution >= 0.6 is 0 Å². The number of carbonyl (C=O) groups excluding carboxylic acids is 2. The molecule has 6 nitrogen and oxygen atoms in total. The Labute approximate surface area is 102 Å². The lowest BCUT2D eigenvalue weighted by molar-refractivity contribution is -0.135. The number of nitrogens with zero attached hydrogens (tertiary/aromatic N) is 2. The fourth-order valence-corrected chi connectivity index (χ4v) is 1.81. The second-order valence-corrected chi connectivity index (χ2v) is 4.54. The number of nitrogens with one attached hydrogen (secondary N) is 1. The summed E-state index contributed by atoms with van der Waals surface area (Å²) in [5.41, 5.74) is 5.80. The molecule has 0 atom stereocenters. The van der Waals surface area contributed by atoms with Crippen molar-refractivity contribution in [1.29, 1.82) is 0 Å². The molecule has 3 N–H and O–H groups in total. The molecule has 0 saturated carbocycles. The van der Waals surface area contributed by atoms with Gasteiger partial charge in [0.25, 0.3) is 0 Å². The molecule has 0 spiro atoms. The Morgan fingerprint density at radius 2 is 2.00 bits per heavy atom. The summed E-state index contributed by atoms with van der Waals surface area (Å²) in [4.78, 5) is 26.5. The Morgan fingerprint density at radius 3 is 2.53 bits per heavy atom. The van der Waals surface area contributed by atoms with Crippen molar-refractivity contribution >= 4 is 11.8 Å². The minimum atomic E-state index is -0.151. The molecular weight excluding hydrogens is 220 g/mol. The van der Waals surface area contributed by atoms with E-state index in [1.807, 2.05) is 0 Å². The minimum absolute atomic E-state index is 0.0240. The normalized spacial score (nSPS) is 17.8. The molecule has 0 bridgehead atoms. The van der Waals surface area contributed by atoms with Gasteiger partial charge in [-0.1, -0.05) is 0 Å². The summed E-state index contributed by atoms with van der Waals surface area (Å²) in [7, 11) is 3.21. The number of likely N-dealkylation sites (tertiary alicyclic amines) is 1. The first kappa shape index (κ1) is 13.9. The van der Waals surface area contributed by atoms with E-state index in [1.54, 1.807) is 14.1 Å². The third kappa shape index (κ3) is 4.70.